The van der Waals surface area contributed by atoms with E-state index in [4.69, 9.17) is 23.2 Å². The fraction of sp³-hybridized carbons (Fsp3) is 0.286. The van der Waals surface area contributed by atoms with E-state index in [2.05, 4.69) is 18.7 Å². The van der Waals surface area contributed by atoms with Gasteiger partial charge in [0, 0.05) is 40.3 Å². The molecule has 0 aliphatic heterocycles. The number of nitrogens with zero attached hydrogens (tertiary/aromatic N) is 2. The maximum atomic E-state index is 13.0. The number of hydrogen-bond donors (Lipinski definition) is 0. The van der Waals surface area contributed by atoms with E-state index < -0.39 is 0 Å². The molecular formula is C21H22Cl2N2O. The Hall–Kier alpha value is -1.81. The van der Waals surface area contributed by atoms with Crippen LogP contribution in [0.1, 0.15) is 13.8 Å². The molecule has 0 N–H and O–H groups in total. The average molecular weight is 389 g/mol. The van der Waals surface area contributed by atoms with Gasteiger partial charge in [-0.25, -0.2) is 0 Å². The summed E-state index contributed by atoms with van der Waals surface area (Å²) in [5.41, 5.74) is 2.03. The quantitative estimate of drug-likeness (QED) is 0.570. The van der Waals surface area contributed by atoms with Crippen LogP contribution in [-0.4, -0.2) is 29.1 Å². The van der Waals surface area contributed by atoms with Crippen LogP contribution < -0.4 is 5.56 Å². The van der Waals surface area contributed by atoms with Gasteiger partial charge in [0.1, 0.15) is 0 Å². The number of rotatable bonds is 6. The maximum Gasteiger partial charge on any atom is 0.258 e. The number of fused-ring (bicyclic) bond motifs is 1. The van der Waals surface area contributed by atoms with Crippen LogP contribution in [-0.2, 0) is 6.54 Å². The number of likely N-dealkylation sites (N-methyl/N-ethyl adjacent to an activating group) is 1. The first-order valence-corrected chi connectivity index (χ1v) is 9.60. The van der Waals surface area contributed by atoms with E-state index in [0.717, 1.165) is 36.1 Å². The van der Waals surface area contributed by atoms with Crippen LogP contribution in [0.4, 0.5) is 0 Å². The fourth-order valence-electron chi connectivity index (χ4n) is 3.18. The third-order valence-corrected chi connectivity index (χ3v) is 5.24. The smallest absolute Gasteiger partial charge is 0.258 e. The van der Waals surface area contributed by atoms with Gasteiger partial charge >= 0.3 is 0 Å². The first kappa shape index (κ1) is 19.0. The van der Waals surface area contributed by atoms with E-state index >= 15 is 0 Å². The lowest BCUT2D eigenvalue weighted by molar-refractivity contribution is 0.289. The number of halogens is 2. The van der Waals surface area contributed by atoms with Crippen molar-refractivity contribution in [2.45, 2.75) is 20.4 Å². The number of pyridine rings is 1. The molecule has 0 bridgehead atoms. The lowest BCUT2D eigenvalue weighted by Crippen LogP contribution is -2.30. The van der Waals surface area contributed by atoms with E-state index in [9.17, 15) is 4.79 Å². The summed E-state index contributed by atoms with van der Waals surface area (Å²) in [6, 6.07) is 13.2. The maximum absolute atomic E-state index is 13.0. The van der Waals surface area contributed by atoms with Gasteiger partial charge in [-0.1, -0.05) is 55.2 Å². The Kier molecular flexibility index (Phi) is 6.02. The zero-order valence-corrected chi connectivity index (χ0v) is 16.5. The Morgan fingerprint density at radius 2 is 1.58 bits per heavy atom. The fourth-order valence-corrected chi connectivity index (χ4v) is 3.48. The molecule has 0 saturated heterocycles. The van der Waals surface area contributed by atoms with Gasteiger partial charge in [-0.05, 0) is 48.3 Å². The Bertz CT molecular complexity index is 960. The molecule has 0 fully saturated rings. The molecule has 0 spiro atoms. The molecule has 0 radical (unpaired) electrons. The molecule has 0 aliphatic carbocycles. The van der Waals surface area contributed by atoms with Gasteiger partial charge in [0.25, 0.3) is 5.56 Å². The van der Waals surface area contributed by atoms with Gasteiger partial charge in [0.2, 0.25) is 0 Å². The Balaban J connectivity index is 2.15. The van der Waals surface area contributed by atoms with Crippen molar-refractivity contribution in [1.29, 1.82) is 0 Å². The molecular weight excluding hydrogens is 367 g/mol. The summed E-state index contributed by atoms with van der Waals surface area (Å²) in [5, 5.41) is 2.81. The molecule has 3 aromatic rings. The zero-order valence-electron chi connectivity index (χ0n) is 15.0. The Morgan fingerprint density at radius 1 is 0.923 bits per heavy atom. The molecule has 136 valence electrons. The van der Waals surface area contributed by atoms with Crippen LogP contribution >= 0.6 is 23.2 Å². The summed E-state index contributed by atoms with van der Waals surface area (Å²) in [6.45, 7) is 7.67. The molecule has 0 aliphatic rings. The van der Waals surface area contributed by atoms with Crippen LogP contribution in [0.5, 0.6) is 0 Å². The van der Waals surface area contributed by atoms with Crippen molar-refractivity contribution >= 4 is 34.0 Å². The molecule has 0 unspecified atom stereocenters. The van der Waals surface area contributed by atoms with E-state index in [1.165, 1.54) is 0 Å². The average Bonchev–Trinajstić information content (AvgIpc) is 2.65. The van der Waals surface area contributed by atoms with Gasteiger partial charge in [0.05, 0.1) is 0 Å². The molecule has 26 heavy (non-hydrogen) atoms. The minimum atomic E-state index is -0.00707. The van der Waals surface area contributed by atoms with E-state index in [-0.39, 0.29) is 5.56 Å². The molecule has 2 aromatic carbocycles. The first-order chi connectivity index (χ1) is 12.5. The molecule has 0 atom stereocenters. The highest BCUT2D eigenvalue weighted by molar-refractivity contribution is 6.31. The SMILES string of the molecule is CCN(CC)CCn1cc(-c2ccc(Cl)cc2)c2ccc(Cl)cc2c1=O. The number of aromatic nitrogens is 1. The van der Waals surface area contributed by atoms with Gasteiger partial charge in [-0.15, -0.1) is 0 Å². The molecule has 0 amide bonds. The predicted octanol–water partition coefficient (Wildman–Crippen LogP) is 5.32. The van der Waals surface area contributed by atoms with Crippen LogP contribution in [0.2, 0.25) is 10.0 Å². The highest BCUT2D eigenvalue weighted by atomic mass is 35.5. The lowest BCUT2D eigenvalue weighted by Gasteiger charge is -2.19. The molecule has 3 nitrogen and oxygen atoms in total. The van der Waals surface area contributed by atoms with E-state index in [1.54, 1.807) is 10.6 Å². The molecule has 1 heterocycles. The van der Waals surface area contributed by atoms with Crippen molar-refractivity contribution in [1.82, 2.24) is 9.47 Å². The third-order valence-electron chi connectivity index (χ3n) is 4.75. The Morgan fingerprint density at radius 3 is 2.23 bits per heavy atom. The summed E-state index contributed by atoms with van der Waals surface area (Å²) >= 11 is 12.2. The summed E-state index contributed by atoms with van der Waals surface area (Å²) in [5.74, 6) is 0. The van der Waals surface area contributed by atoms with Gasteiger partial charge < -0.3 is 9.47 Å². The highest BCUT2D eigenvalue weighted by Crippen LogP contribution is 2.29. The topological polar surface area (TPSA) is 25.2 Å². The minimum absolute atomic E-state index is 0.00707. The van der Waals surface area contributed by atoms with E-state index in [1.807, 2.05) is 42.6 Å². The Labute approximate surface area is 163 Å². The van der Waals surface area contributed by atoms with Gasteiger partial charge in [-0.3, -0.25) is 4.79 Å². The first-order valence-electron chi connectivity index (χ1n) is 8.84. The van der Waals surface area contributed by atoms with Crippen LogP contribution in [0.15, 0.2) is 53.5 Å². The summed E-state index contributed by atoms with van der Waals surface area (Å²) < 4.78 is 1.79. The summed E-state index contributed by atoms with van der Waals surface area (Å²) in [6.07, 6.45) is 1.95. The molecule has 0 saturated carbocycles. The van der Waals surface area contributed by atoms with Crippen molar-refractivity contribution in [3.05, 3.63) is 69.1 Å². The van der Waals surface area contributed by atoms with Crippen molar-refractivity contribution in [3.8, 4) is 11.1 Å². The second-order valence-electron chi connectivity index (χ2n) is 6.27. The normalized spacial score (nSPS) is 11.4. The third kappa shape index (κ3) is 3.96. The van der Waals surface area contributed by atoms with Crippen LogP contribution in [0.25, 0.3) is 21.9 Å². The van der Waals surface area contributed by atoms with E-state index in [0.29, 0.717) is 22.0 Å². The molecule has 5 heteroatoms. The van der Waals surface area contributed by atoms with Gasteiger partial charge in [-0.2, -0.15) is 0 Å². The minimum Gasteiger partial charge on any atom is -0.313 e. The van der Waals surface area contributed by atoms with Crippen molar-refractivity contribution in [3.63, 3.8) is 0 Å². The zero-order chi connectivity index (χ0) is 18.7. The van der Waals surface area contributed by atoms with Crippen LogP contribution in [0.3, 0.4) is 0 Å². The van der Waals surface area contributed by atoms with Crippen molar-refractivity contribution in [2.75, 3.05) is 19.6 Å². The largest absolute Gasteiger partial charge is 0.313 e. The van der Waals surface area contributed by atoms with Gasteiger partial charge in [0.15, 0.2) is 0 Å². The molecule has 1 aromatic heterocycles. The predicted molar refractivity (Wildman–Crippen MR) is 111 cm³/mol. The summed E-state index contributed by atoms with van der Waals surface area (Å²) in [7, 11) is 0. The number of benzene rings is 2. The monoisotopic (exact) mass is 388 g/mol. The standard InChI is InChI=1S/C21H22Cl2N2O/c1-3-24(4-2)11-12-25-14-20(15-5-7-16(22)8-6-15)18-10-9-17(23)13-19(18)21(25)26/h5-10,13-14H,3-4,11-12H2,1-2H3. The second kappa shape index (κ2) is 8.26. The number of hydrogen-bond acceptors (Lipinski definition) is 2. The van der Waals surface area contributed by atoms with Crippen molar-refractivity contribution in [2.24, 2.45) is 0 Å². The second-order valence-corrected chi connectivity index (χ2v) is 7.14. The lowest BCUT2D eigenvalue weighted by atomic mass is 10.0. The van der Waals surface area contributed by atoms with Crippen LogP contribution in [0, 0.1) is 0 Å². The summed E-state index contributed by atoms with van der Waals surface area (Å²) in [4.78, 5) is 15.3. The van der Waals surface area contributed by atoms with Crippen molar-refractivity contribution < 1.29 is 0 Å². The molecule has 3 rings (SSSR count). The highest BCUT2D eigenvalue weighted by Gasteiger charge is 2.12.